The van der Waals surface area contributed by atoms with Crippen LogP contribution in [0.1, 0.15) is 12.8 Å². The number of methoxy groups -OCH3 is 3. The fraction of sp³-hybridized carbons (Fsp3) is 0.500. The number of hydrogen-bond acceptors (Lipinski definition) is 5. The topological polar surface area (TPSA) is 74.0 Å². The maximum atomic E-state index is 12.0. The average molecular weight is 319 g/mol. The summed E-state index contributed by atoms with van der Waals surface area (Å²) < 4.78 is 15.8. The molecule has 0 aliphatic heterocycles. The van der Waals surface area contributed by atoms with Crippen LogP contribution in [0.25, 0.3) is 0 Å². The normalized spacial score (nSPS) is 9.57. The van der Waals surface area contributed by atoms with Gasteiger partial charge in [-0.3, -0.25) is 4.79 Å². The average Bonchev–Trinajstić information content (AvgIpc) is 2.49. The van der Waals surface area contributed by atoms with Crippen LogP contribution in [-0.2, 0) is 4.79 Å². The molecular weight excluding hydrogens is 296 g/mol. The lowest BCUT2D eigenvalue weighted by Crippen LogP contribution is -2.26. The van der Waals surface area contributed by atoms with Gasteiger partial charge < -0.3 is 24.8 Å². The molecule has 0 heterocycles. The van der Waals surface area contributed by atoms with Gasteiger partial charge in [0.1, 0.15) is 0 Å². The molecule has 0 saturated heterocycles. The third-order valence-electron chi connectivity index (χ3n) is 3.01. The Bertz CT molecular complexity index is 443. The van der Waals surface area contributed by atoms with E-state index in [1.807, 2.05) is 0 Å². The van der Waals surface area contributed by atoms with Crippen molar-refractivity contribution in [3.8, 4) is 17.2 Å². The Morgan fingerprint density at radius 1 is 1.14 bits per heavy atom. The molecule has 120 valence electrons. The Morgan fingerprint density at radius 2 is 1.67 bits per heavy atom. The van der Waals surface area contributed by atoms with Crippen molar-refractivity contribution in [3.63, 3.8) is 0 Å². The van der Waals surface area contributed by atoms with E-state index >= 15 is 0 Å². The number of carbonyl (C=O) groups excluding carboxylic acids is 1. The van der Waals surface area contributed by atoms with E-state index in [0.717, 1.165) is 0 Å². The van der Waals surface area contributed by atoms with Crippen molar-refractivity contribution in [3.05, 3.63) is 12.1 Å². The first kappa shape index (κ1) is 19.3. The summed E-state index contributed by atoms with van der Waals surface area (Å²) in [5.74, 6) is 1.52. The molecule has 0 spiro atoms. The molecule has 1 aromatic carbocycles. The summed E-state index contributed by atoms with van der Waals surface area (Å²) in [4.78, 5) is 13.6. The monoisotopic (exact) mass is 318 g/mol. The lowest BCUT2D eigenvalue weighted by Gasteiger charge is -2.20. The number of halogens is 1. The SMILES string of the molecule is COc1cc(N(C)C(=O)CCCN)cc(OC)c1OC.Cl. The van der Waals surface area contributed by atoms with Crippen LogP contribution in [0.2, 0.25) is 0 Å². The highest BCUT2D eigenvalue weighted by Crippen LogP contribution is 2.40. The molecule has 0 fully saturated rings. The summed E-state index contributed by atoms with van der Waals surface area (Å²) in [5.41, 5.74) is 6.10. The minimum absolute atomic E-state index is 0. The molecule has 0 bridgehead atoms. The van der Waals surface area contributed by atoms with E-state index in [2.05, 4.69) is 0 Å². The highest BCUT2D eigenvalue weighted by molar-refractivity contribution is 5.93. The zero-order valence-corrected chi connectivity index (χ0v) is 13.7. The van der Waals surface area contributed by atoms with Gasteiger partial charge in [-0.25, -0.2) is 0 Å². The number of ether oxygens (including phenoxy) is 3. The van der Waals surface area contributed by atoms with E-state index in [4.69, 9.17) is 19.9 Å². The molecule has 0 saturated carbocycles. The first-order chi connectivity index (χ1) is 9.58. The zero-order valence-electron chi connectivity index (χ0n) is 12.8. The van der Waals surface area contributed by atoms with Gasteiger partial charge in [0, 0.05) is 25.6 Å². The van der Waals surface area contributed by atoms with Crippen molar-refractivity contribution < 1.29 is 19.0 Å². The highest BCUT2D eigenvalue weighted by atomic mass is 35.5. The molecule has 2 N–H and O–H groups in total. The van der Waals surface area contributed by atoms with E-state index in [9.17, 15) is 4.79 Å². The van der Waals surface area contributed by atoms with E-state index in [0.29, 0.717) is 42.3 Å². The van der Waals surface area contributed by atoms with Crippen LogP contribution in [-0.4, -0.2) is 40.8 Å². The number of rotatable bonds is 7. The standard InChI is InChI=1S/C14H22N2O4.ClH/c1-16(13(17)6-5-7-15)10-8-11(18-2)14(20-4)12(9-10)19-3;/h8-9H,5-7,15H2,1-4H3;1H. The minimum Gasteiger partial charge on any atom is -0.493 e. The molecule has 0 unspecified atom stereocenters. The number of hydrogen-bond donors (Lipinski definition) is 1. The number of benzene rings is 1. The van der Waals surface area contributed by atoms with Crippen LogP contribution in [0.15, 0.2) is 12.1 Å². The molecule has 1 rings (SSSR count). The van der Waals surface area contributed by atoms with Crippen LogP contribution in [0.5, 0.6) is 17.2 Å². The fourth-order valence-electron chi connectivity index (χ4n) is 1.83. The third kappa shape index (κ3) is 4.68. The van der Waals surface area contributed by atoms with Gasteiger partial charge in [0.05, 0.1) is 27.0 Å². The number of carbonyl (C=O) groups is 1. The van der Waals surface area contributed by atoms with Crippen molar-refractivity contribution in [2.75, 3.05) is 39.8 Å². The summed E-state index contributed by atoms with van der Waals surface area (Å²) in [5, 5.41) is 0. The number of nitrogens with zero attached hydrogens (tertiary/aromatic N) is 1. The summed E-state index contributed by atoms with van der Waals surface area (Å²) in [7, 11) is 6.32. The third-order valence-corrected chi connectivity index (χ3v) is 3.01. The smallest absolute Gasteiger partial charge is 0.226 e. The quantitative estimate of drug-likeness (QED) is 0.830. The van der Waals surface area contributed by atoms with Crippen LogP contribution in [0.4, 0.5) is 5.69 Å². The second-order valence-corrected chi connectivity index (χ2v) is 4.23. The number of nitrogens with two attached hydrogens (primary N) is 1. The van der Waals surface area contributed by atoms with Gasteiger partial charge in [0.15, 0.2) is 11.5 Å². The second kappa shape index (κ2) is 9.31. The molecular formula is C14H23ClN2O4. The minimum atomic E-state index is -0.00952. The molecule has 0 aliphatic rings. The van der Waals surface area contributed by atoms with Gasteiger partial charge in [-0.05, 0) is 13.0 Å². The molecule has 1 aromatic rings. The van der Waals surface area contributed by atoms with Crippen molar-refractivity contribution in [2.24, 2.45) is 5.73 Å². The Morgan fingerprint density at radius 3 is 2.05 bits per heavy atom. The Balaban J connectivity index is 0.00000400. The molecule has 0 radical (unpaired) electrons. The zero-order chi connectivity index (χ0) is 15.1. The second-order valence-electron chi connectivity index (χ2n) is 4.23. The molecule has 1 amide bonds. The summed E-state index contributed by atoms with van der Waals surface area (Å²) in [6, 6.07) is 3.48. The summed E-state index contributed by atoms with van der Waals surface area (Å²) >= 11 is 0. The van der Waals surface area contributed by atoms with E-state index in [1.54, 1.807) is 24.1 Å². The van der Waals surface area contributed by atoms with Crippen molar-refractivity contribution >= 4 is 24.0 Å². The van der Waals surface area contributed by atoms with Gasteiger partial charge in [-0.15, -0.1) is 12.4 Å². The lowest BCUT2D eigenvalue weighted by molar-refractivity contribution is -0.118. The summed E-state index contributed by atoms with van der Waals surface area (Å²) in [6.45, 7) is 0.495. The van der Waals surface area contributed by atoms with Gasteiger partial charge in [0.25, 0.3) is 0 Å². The van der Waals surface area contributed by atoms with Crippen LogP contribution >= 0.6 is 12.4 Å². The Kier molecular flexibility index (Phi) is 8.57. The lowest BCUT2D eigenvalue weighted by atomic mass is 10.2. The maximum Gasteiger partial charge on any atom is 0.226 e. The van der Waals surface area contributed by atoms with Crippen LogP contribution < -0.4 is 24.8 Å². The van der Waals surface area contributed by atoms with E-state index < -0.39 is 0 Å². The van der Waals surface area contributed by atoms with Crippen molar-refractivity contribution in [2.45, 2.75) is 12.8 Å². The van der Waals surface area contributed by atoms with Crippen LogP contribution in [0, 0.1) is 0 Å². The van der Waals surface area contributed by atoms with E-state index in [-0.39, 0.29) is 18.3 Å². The first-order valence-electron chi connectivity index (χ1n) is 6.35. The predicted octanol–water partition coefficient (Wildman–Crippen LogP) is 1.84. The molecule has 7 heteroatoms. The molecule has 0 aromatic heterocycles. The molecule has 21 heavy (non-hydrogen) atoms. The fourth-order valence-corrected chi connectivity index (χ4v) is 1.83. The Hall–Kier alpha value is -1.66. The van der Waals surface area contributed by atoms with Gasteiger partial charge in [-0.2, -0.15) is 0 Å². The summed E-state index contributed by atoms with van der Waals surface area (Å²) in [6.07, 6.45) is 1.07. The van der Waals surface area contributed by atoms with Gasteiger partial charge in [0.2, 0.25) is 11.7 Å². The molecule has 0 aliphatic carbocycles. The first-order valence-corrected chi connectivity index (χ1v) is 6.35. The number of anilines is 1. The largest absolute Gasteiger partial charge is 0.493 e. The highest BCUT2D eigenvalue weighted by Gasteiger charge is 2.17. The Labute approximate surface area is 131 Å². The van der Waals surface area contributed by atoms with Crippen molar-refractivity contribution in [1.82, 2.24) is 0 Å². The van der Waals surface area contributed by atoms with E-state index in [1.165, 1.54) is 21.3 Å². The predicted molar refractivity (Wildman–Crippen MR) is 85.0 cm³/mol. The number of amides is 1. The molecule has 0 atom stereocenters. The van der Waals surface area contributed by atoms with Gasteiger partial charge >= 0.3 is 0 Å². The molecule has 6 nitrogen and oxygen atoms in total. The maximum absolute atomic E-state index is 12.0. The van der Waals surface area contributed by atoms with Crippen molar-refractivity contribution in [1.29, 1.82) is 0 Å². The van der Waals surface area contributed by atoms with Gasteiger partial charge in [-0.1, -0.05) is 0 Å². The van der Waals surface area contributed by atoms with Crippen LogP contribution in [0.3, 0.4) is 0 Å².